The molecule has 0 spiro atoms. The molecule has 1 heterocycles. The van der Waals surface area contributed by atoms with E-state index in [1.54, 1.807) is 0 Å². The number of nitrogens with zero attached hydrogens (tertiary/aromatic N) is 1. The highest BCUT2D eigenvalue weighted by Gasteiger charge is 2.32. The lowest BCUT2D eigenvalue weighted by Gasteiger charge is -2.36. The second kappa shape index (κ2) is 7.44. The Balaban J connectivity index is 1.76. The van der Waals surface area contributed by atoms with Crippen molar-refractivity contribution in [3.8, 4) is 0 Å². The monoisotopic (exact) mass is 281 g/mol. The number of ether oxygens (including phenoxy) is 1. The van der Waals surface area contributed by atoms with E-state index in [-0.39, 0.29) is 0 Å². The Morgan fingerprint density at radius 2 is 1.70 bits per heavy atom. The maximum Gasteiger partial charge on any atom is 0.225 e. The third-order valence-corrected chi connectivity index (χ3v) is 5.22. The summed E-state index contributed by atoms with van der Waals surface area (Å²) in [5.74, 6) is 2.33. The molecule has 0 unspecified atom stereocenters. The van der Waals surface area contributed by atoms with Gasteiger partial charge in [-0.05, 0) is 57.3 Å². The van der Waals surface area contributed by atoms with Crippen molar-refractivity contribution in [2.75, 3.05) is 19.7 Å². The minimum absolute atomic E-state index is 0.300. The van der Waals surface area contributed by atoms with Gasteiger partial charge in [0, 0.05) is 25.6 Å². The molecular weight excluding hydrogens is 250 g/mol. The summed E-state index contributed by atoms with van der Waals surface area (Å²) in [6.07, 6.45) is 7.09. The van der Waals surface area contributed by atoms with Crippen LogP contribution in [0.2, 0.25) is 0 Å². The summed E-state index contributed by atoms with van der Waals surface area (Å²) in [5.41, 5.74) is 0. The number of piperidine rings is 1. The van der Waals surface area contributed by atoms with Gasteiger partial charge in [-0.15, -0.1) is 0 Å². The molecule has 0 atom stereocenters. The molecule has 0 bridgehead atoms. The maximum absolute atomic E-state index is 12.6. The smallest absolute Gasteiger partial charge is 0.225 e. The van der Waals surface area contributed by atoms with E-state index in [4.69, 9.17) is 4.74 Å². The van der Waals surface area contributed by atoms with Crippen molar-refractivity contribution in [3.05, 3.63) is 0 Å². The van der Waals surface area contributed by atoms with E-state index < -0.39 is 0 Å². The average molecular weight is 281 g/mol. The quantitative estimate of drug-likeness (QED) is 0.789. The molecule has 1 saturated heterocycles. The van der Waals surface area contributed by atoms with Crippen molar-refractivity contribution in [3.63, 3.8) is 0 Å². The first-order valence-electron chi connectivity index (χ1n) is 8.52. The van der Waals surface area contributed by atoms with Gasteiger partial charge >= 0.3 is 0 Å². The standard InChI is InChI=1S/C17H31NO2/c1-4-20-16-9-11-18(12-10-16)17(19)15-7-5-14(6-8-15)13(2)3/h13-16H,4-12H2,1-3H3. The van der Waals surface area contributed by atoms with E-state index in [9.17, 15) is 4.79 Å². The van der Waals surface area contributed by atoms with Gasteiger partial charge in [-0.3, -0.25) is 4.79 Å². The fourth-order valence-corrected chi connectivity index (χ4v) is 3.77. The van der Waals surface area contributed by atoms with Gasteiger partial charge in [-0.2, -0.15) is 0 Å². The molecular formula is C17H31NO2. The average Bonchev–Trinajstić information content (AvgIpc) is 2.48. The predicted molar refractivity (Wildman–Crippen MR) is 81.5 cm³/mol. The third-order valence-electron chi connectivity index (χ3n) is 5.22. The minimum Gasteiger partial charge on any atom is -0.378 e. The second-order valence-corrected chi connectivity index (χ2v) is 6.84. The molecule has 116 valence electrons. The molecule has 3 nitrogen and oxygen atoms in total. The second-order valence-electron chi connectivity index (χ2n) is 6.84. The van der Waals surface area contributed by atoms with Crippen molar-refractivity contribution < 1.29 is 9.53 Å². The molecule has 20 heavy (non-hydrogen) atoms. The van der Waals surface area contributed by atoms with Crippen LogP contribution in [0.4, 0.5) is 0 Å². The summed E-state index contributed by atoms with van der Waals surface area (Å²) in [6.45, 7) is 9.25. The number of amides is 1. The van der Waals surface area contributed by atoms with E-state index in [2.05, 4.69) is 18.7 Å². The summed E-state index contributed by atoms with van der Waals surface area (Å²) in [5, 5.41) is 0. The number of carbonyl (C=O) groups is 1. The molecule has 0 radical (unpaired) electrons. The molecule has 3 heteroatoms. The van der Waals surface area contributed by atoms with Crippen molar-refractivity contribution in [2.45, 2.75) is 65.4 Å². The molecule has 0 aromatic heterocycles. The largest absolute Gasteiger partial charge is 0.378 e. The first-order valence-corrected chi connectivity index (χ1v) is 8.52. The van der Waals surface area contributed by atoms with E-state index in [1.807, 2.05) is 6.92 Å². The molecule has 2 aliphatic rings. The summed E-state index contributed by atoms with van der Waals surface area (Å²) >= 11 is 0. The molecule has 1 amide bonds. The first-order chi connectivity index (χ1) is 9.61. The van der Waals surface area contributed by atoms with Gasteiger partial charge in [-0.1, -0.05) is 13.8 Å². The van der Waals surface area contributed by atoms with Gasteiger partial charge in [-0.25, -0.2) is 0 Å². The van der Waals surface area contributed by atoms with Gasteiger partial charge < -0.3 is 9.64 Å². The van der Waals surface area contributed by atoms with Crippen LogP contribution in [0.1, 0.15) is 59.3 Å². The Hall–Kier alpha value is -0.570. The van der Waals surface area contributed by atoms with Crippen LogP contribution in [0.5, 0.6) is 0 Å². The first kappa shape index (κ1) is 15.8. The zero-order valence-electron chi connectivity index (χ0n) is 13.4. The predicted octanol–water partition coefficient (Wildman–Crippen LogP) is 3.48. The van der Waals surface area contributed by atoms with Gasteiger partial charge in [0.2, 0.25) is 5.91 Å². The zero-order chi connectivity index (χ0) is 14.5. The third kappa shape index (κ3) is 3.97. The summed E-state index contributed by atoms with van der Waals surface area (Å²) in [6, 6.07) is 0. The Bertz CT molecular complexity index is 300. The van der Waals surface area contributed by atoms with Crippen molar-refractivity contribution in [1.29, 1.82) is 0 Å². The Kier molecular flexibility index (Phi) is 5.88. The highest BCUT2D eigenvalue weighted by atomic mass is 16.5. The Labute approximate surface area is 124 Å². The molecule has 1 saturated carbocycles. The Morgan fingerprint density at radius 3 is 2.20 bits per heavy atom. The van der Waals surface area contributed by atoms with Crippen molar-refractivity contribution in [2.24, 2.45) is 17.8 Å². The summed E-state index contributed by atoms with van der Waals surface area (Å²) in [7, 11) is 0. The fourth-order valence-electron chi connectivity index (χ4n) is 3.77. The fraction of sp³-hybridized carbons (Fsp3) is 0.941. The van der Waals surface area contributed by atoms with E-state index in [1.165, 1.54) is 12.8 Å². The molecule has 0 aromatic carbocycles. The van der Waals surface area contributed by atoms with Gasteiger partial charge in [0.1, 0.15) is 0 Å². The van der Waals surface area contributed by atoms with Crippen molar-refractivity contribution in [1.82, 2.24) is 4.90 Å². The molecule has 2 rings (SSSR count). The van der Waals surface area contributed by atoms with Gasteiger partial charge in [0.05, 0.1) is 6.10 Å². The van der Waals surface area contributed by atoms with Crippen LogP contribution in [-0.4, -0.2) is 36.6 Å². The van der Waals surface area contributed by atoms with Gasteiger partial charge in [0.25, 0.3) is 0 Å². The van der Waals surface area contributed by atoms with Crippen LogP contribution in [-0.2, 0) is 9.53 Å². The van der Waals surface area contributed by atoms with Crippen LogP contribution in [0.25, 0.3) is 0 Å². The number of hydrogen-bond donors (Lipinski definition) is 0. The molecule has 2 fully saturated rings. The lowest BCUT2D eigenvalue weighted by atomic mass is 9.76. The highest BCUT2D eigenvalue weighted by Crippen LogP contribution is 2.34. The summed E-state index contributed by atoms with van der Waals surface area (Å²) < 4.78 is 5.66. The number of hydrogen-bond acceptors (Lipinski definition) is 2. The normalized spacial score (nSPS) is 28.9. The number of carbonyl (C=O) groups excluding carboxylic acids is 1. The molecule has 1 aliphatic carbocycles. The lowest BCUT2D eigenvalue weighted by molar-refractivity contribution is -0.139. The van der Waals surface area contributed by atoms with Crippen LogP contribution >= 0.6 is 0 Å². The SMILES string of the molecule is CCOC1CCN(C(=O)C2CCC(C(C)C)CC2)CC1. The van der Waals surface area contributed by atoms with E-state index in [0.717, 1.165) is 57.2 Å². The Morgan fingerprint density at radius 1 is 1.10 bits per heavy atom. The van der Waals surface area contributed by atoms with Crippen LogP contribution in [0.3, 0.4) is 0 Å². The zero-order valence-corrected chi connectivity index (χ0v) is 13.4. The van der Waals surface area contributed by atoms with E-state index >= 15 is 0 Å². The molecule has 0 aromatic rings. The molecule has 0 N–H and O–H groups in total. The minimum atomic E-state index is 0.300. The van der Waals surface area contributed by atoms with Crippen LogP contribution in [0, 0.1) is 17.8 Å². The number of rotatable bonds is 4. The highest BCUT2D eigenvalue weighted by molar-refractivity contribution is 5.79. The summed E-state index contributed by atoms with van der Waals surface area (Å²) in [4.78, 5) is 14.7. The maximum atomic E-state index is 12.6. The lowest BCUT2D eigenvalue weighted by Crippen LogP contribution is -2.44. The topological polar surface area (TPSA) is 29.5 Å². The number of likely N-dealkylation sites (tertiary alicyclic amines) is 1. The van der Waals surface area contributed by atoms with Crippen LogP contribution < -0.4 is 0 Å². The van der Waals surface area contributed by atoms with Crippen molar-refractivity contribution >= 4 is 5.91 Å². The van der Waals surface area contributed by atoms with E-state index in [0.29, 0.717) is 17.9 Å². The van der Waals surface area contributed by atoms with Crippen LogP contribution in [0.15, 0.2) is 0 Å². The molecule has 1 aliphatic heterocycles. The van der Waals surface area contributed by atoms with Gasteiger partial charge in [0.15, 0.2) is 0 Å².